The van der Waals surface area contributed by atoms with Crippen LogP contribution in [-0.2, 0) is 14.3 Å². The molecule has 0 aromatic carbocycles. The van der Waals surface area contributed by atoms with Gasteiger partial charge < -0.3 is 19.7 Å². The number of nitrogens with zero attached hydrogens (tertiary/aromatic N) is 1. The minimum atomic E-state index is -0.955. The molecule has 0 aromatic rings. The van der Waals surface area contributed by atoms with Crippen LogP contribution in [0.3, 0.4) is 0 Å². The van der Waals surface area contributed by atoms with Crippen LogP contribution in [0.5, 0.6) is 0 Å². The number of likely N-dealkylation sites (tertiary alicyclic amines) is 1. The lowest BCUT2D eigenvalue weighted by atomic mass is 9.96. The van der Waals surface area contributed by atoms with Gasteiger partial charge in [-0.2, -0.15) is 0 Å². The van der Waals surface area contributed by atoms with Crippen LogP contribution in [0.15, 0.2) is 0 Å². The number of aliphatic hydroxyl groups is 1. The molecule has 1 fully saturated rings. The number of carbonyl (C=O) groups is 1. The fourth-order valence-electron chi connectivity index (χ4n) is 2.17. The summed E-state index contributed by atoms with van der Waals surface area (Å²) in [7, 11) is 0. The summed E-state index contributed by atoms with van der Waals surface area (Å²) >= 11 is 0. The summed E-state index contributed by atoms with van der Waals surface area (Å²) in [5, 5.41) is 18.3. The molecule has 19 heavy (non-hydrogen) atoms. The van der Waals surface area contributed by atoms with E-state index in [1.165, 1.54) is 0 Å². The van der Waals surface area contributed by atoms with Gasteiger partial charge >= 0.3 is 5.97 Å². The van der Waals surface area contributed by atoms with Gasteiger partial charge in [-0.1, -0.05) is 13.3 Å². The first-order chi connectivity index (χ1) is 8.95. The molecule has 0 aromatic heterocycles. The van der Waals surface area contributed by atoms with Gasteiger partial charge in [0.05, 0.1) is 18.3 Å². The molecule has 1 aliphatic heterocycles. The van der Waals surface area contributed by atoms with Gasteiger partial charge in [0.25, 0.3) is 0 Å². The number of hydrogen-bond donors (Lipinski definition) is 2. The van der Waals surface area contributed by atoms with E-state index in [2.05, 4.69) is 6.92 Å². The predicted molar refractivity (Wildman–Crippen MR) is 70.2 cm³/mol. The Morgan fingerprint density at radius 2 is 2.16 bits per heavy atom. The van der Waals surface area contributed by atoms with Gasteiger partial charge in [-0.05, 0) is 13.3 Å². The summed E-state index contributed by atoms with van der Waals surface area (Å²) in [6, 6.07) is 0. The fourth-order valence-corrected chi connectivity index (χ4v) is 2.17. The third kappa shape index (κ3) is 6.33. The van der Waals surface area contributed by atoms with Gasteiger partial charge in [-0.3, -0.25) is 4.90 Å². The predicted octanol–water partition coefficient (Wildman–Crippen LogP) is 0.340. The zero-order chi connectivity index (χ0) is 14.3. The smallest absolute Gasteiger partial charge is 0.329 e. The van der Waals surface area contributed by atoms with Crippen molar-refractivity contribution < 1.29 is 24.5 Å². The van der Waals surface area contributed by atoms with E-state index < -0.39 is 17.7 Å². The zero-order valence-electron chi connectivity index (χ0n) is 11.8. The van der Waals surface area contributed by atoms with Crippen molar-refractivity contribution in [2.45, 2.75) is 38.4 Å². The van der Waals surface area contributed by atoms with Crippen LogP contribution in [0.1, 0.15) is 26.7 Å². The molecule has 2 N–H and O–H groups in total. The van der Waals surface area contributed by atoms with Crippen molar-refractivity contribution in [3.8, 4) is 0 Å². The van der Waals surface area contributed by atoms with E-state index in [4.69, 9.17) is 14.6 Å². The number of unbranched alkanes of at least 4 members (excludes halogenated alkanes) is 1. The highest BCUT2D eigenvalue weighted by Crippen LogP contribution is 2.24. The molecule has 1 rings (SSSR count). The van der Waals surface area contributed by atoms with Crippen molar-refractivity contribution in [1.82, 2.24) is 4.90 Å². The number of aliphatic hydroxyl groups excluding tert-OH is 1. The summed E-state index contributed by atoms with van der Waals surface area (Å²) in [6.45, 7) is 6.58. The minimum Gasteiger partial charge on any atom is -0.480 e. The lowest BCUT2D eigenvalue weighted by molar-refractivity contribution is -0.167. The second-order valence-corrected chi connectivity index (χ2v) is 5.38. The second kappa shape index (κ2) is 7.79. The van der Waals surface area contributed by atoms with Crippen molar-refractivity contribution >= 4 is 5.97 Å². The van der Waals surface area contributed by atoms with E-state index in [1.54, 1.807) is 0 Å². The second-order valence-electron chi connectivity index (χ2n) is 5.38. The van der Waals surface area contributed by atoms with Crippen LogP contribution in [0.2, 0.25) is 0 Å². The lowest BCUT2D eigenvalue weighted by Gasteiger charge is -2.47. The first-order valence-corrected chi connectivity index (χ1v) is 6.79. The topological polar surface area (TPSA) is 79.2 Å². The van der Waals surface area contributed by atoms with E-state index in [1.807, 2.05) is 11.8 Å². The molecule has 6 nitrogen and oxygen atoms in total. The Labute approximate surface area is 114 Å². The molecule has 1 aliphatic rings. The Morgan fingerprint density at radius 3 is 2.74 bits per heavy atom. The van der Waals surface area contributed by atoms with Crippen LogP contribution >= 0.6 is 0 Å². The molecule has 1 atom stereocenters. The Bertz CT molecular complexity index is 278. The van der Waals surface area contributed by atoms with E-state index in [-0.39, 0.29) is 6.61 Å². The number of hydrogen-bond acceptors (Lipinski definition) is 5. The van der Waals surface area contributed by atoms with Gasteiger partial charge in [0.2, 0.25) is 0 Å². The summed E-state index contributed by atoms with van der Waals surface area (Å²) in [4.78, 5) is 12.5. The molecule has 0 aliphatic carbocycles. The standard InChI is InChI=1S/C13H25NO5/c1-3-4-5-18-7-11(15)6-14-9-13(2,10-14)19-8-12(16)17/h11,15H,3-10H2,1-2H3,(H,16,17). The van der Waals surface area contributed by atoms with E-state index in [0.29, 0.717) is 32.8 Å². The molecule has 0 saturated carbocycles. The van der Waals surface area contributed by atoms with E-state index >= 15 is 0 Å². The van der Waals surface area contributed by atoms with Crippen molar-refractivity contribution in [1.29, 1.82) is 0 Å². The number of β-amino-alcohol motifs (C(OH)–C–C–N with tert-alkyl or cyclic N) is 1. The van der Waals surface area contributed by atoms with Crippen molar-refractivity contribution in [3.05, 3.63) is 0 Å². The Kier molecular flexibility index (Phi) is 6.71. The normalized spacial score (nSPS) is 19.9. The monoisotopic (exact) mass is 275 g/mol. The molecule has 1 saturated heterocycles. The summed E-state index contributed by atoms with van der Waals surface area (Å²) in [5.74, 6) is -0.955. The maximum atomic E-state index is 10.4. The van der Waals surface area contributed by atoms with Crippen LogP contribution in [0.4, 0.5) is 0 Å². The molecular weight excluding hydrogens is 250 g/mol. The molecule has 0 radical (unpaired) electrons. The van der Waals surface area contributed by atoms with Crippen LogP contribution in [0, 0.1) is 0 Å². The number of rotatable bonds is 10. The zero-order valence-corrected chi connectivity index (χ0v) is 11.8. The molecule has 1 heterocycles. The van der Waals surface area contributed by atoms with Crippen molar-refractivity contribution in [3.63, 3.8) is 0 Å². The highest BCUT2D eigenvalue weighted by Gasteiger charge is 2.40. The van der Waals surface area contributed by atoms with Gasteiger partial charge in [0.15, 0.2) is 0 Å². The van der Waals surface area contributed by atoms with Crippen molar-refractivity contribution in [2.24, 2.45) is 0 Å². The highest BCUT2D eigenvalue weighted by atomic mass is 16.5. The third-order valence-corrected chi connectivity index (χ3v) is 3.08. The Balaban J connectivity index is 2.08. The van der Waals surface area contributed by atoms with Gasteiger partial charge in [0.1, 0.15) is 6.61 Å². The van der Waals surface area contributed by atoms with Gasteiger partial charge in [0, 0.05) is 26.2 Å². The fraction of sp³-hybridized carbons (Fsp3) is 0.923. The maximum Gasteiger partial charge on any atom is 0.329 e. The van der Waals surface area contributed by atoms with Crippen LogP contribution in [0.25, 0.3) is 0 Å². The largest absolute Gasteiger partial charge is 0.480 e. The number of carboxylic acid groups (broad SMARTS) is 1. The quantitative estimate of drug-likeness (QED) is 0.560. The van der Waals surface area contributed by atoms with Gasteiger partial charge in [-0.25, -0.2) is 4.79 Å². The SMILES string of the molecule is CCCCOCC(O)CN1CC(C)(OCC(=O)O)C1. The highest BCUT2D eigenvalue weighted by molar-refractivity contribution is 5.68. The number of carboxylic acids is 1. The van der Waals surface area contributed by atoms with Gasteiger partial charge in [-0.15, -0.1) is 0 Å². The molecule has 1 unspecified atom stereocenters. The molecule has 0 amide bonds. The molecule has 112 valence electrons. The van der Waals surface area contributed by atoms with E-state index in [0.717, 1.165) is 12.8 Å². The number of ether oxygens (including phenoxy) is 2. The van der Waals surface area contributed by atoms with Crippen LogP contribution in [-0.4, -0.2) is 72.2 Å². The number of aliphatic carboxylic acids is 1. The first kappa shape index (κ1) is 16.4. The average Bonchev–Trinajstić information content (AvgIpc) is 2.30. The summed E-state index contributed by atoms with van der Waals surface area (Å²) < 4.78 is 10.6. The molecule has 0 spiro atoms. The average molecular weight is 275 g/mol. The summed E-state index contributed by atoms with van der Waals surface area (Å²) in [5.41, 5.74) is -0.402. The molecule has 6 heteroatoms. The van der Waals surface area contributed by atoms with Crippen molar-refractivity contribution in [2.75, 3.05) is 39.5 Å². The summed E-state index contributed by atoms with van der Waals surface area (Å²) in [6.07, 6.45) is 1.60. The molecule has 0 bridgehead atoms. The molecular formula is C13H25NO5. The third-order valence-electron chi connectivity index (χ3n) is 3.08. The van der Waals surface area contributed by atoms with Crippen LogP contribution < -0.4 is 0 Å². The maximum absolute atomic E-state index is 10.4. The van der Waals surface area contributed by atoms with E-state index in [9.17, 15) is 9.90 Å². The lowest BCUT2D eigenvalue weighted by Crippen LogP contribution is -2.63. The first-order valence-electron chi connectivity index (χ1n) is 6.79. The Morgan fingerprint density at radius 1 is 1.47 bits per heavy atom. The minimum absolute atomic E-state index is 0.271. The Hall–Kier alpha value is -0.690.